The molecule has 0 radical (unpaired) electrons. The van der Waals surface area contributed by atoms with Crippen molar-refractivity contribution in [2.24, 2.45) is 0 Å². The first-order chi connectivity index (χ1) is 14.9. The second kappa shape index (κ2) is 10.6. The molecule has 0 aliphatic heterocycles. The zero-order valence-electron chi connectivity index (χ0n) is 16.7. The molecule has 0 spiro atoms. The number of furan rings is 1. The van der Waals surface area contributed by atoms with E-state index in [2.05, 4.69) is 26.6 Å². The first-order valence-electron chi connectivity index (χ1n) is 9.55. The highest BCUT2D eigenvalue weighted by Gasteiger charge is 2.26. The molecule has 0 fully saturated rings. The van der Waals surface area contributed by atoms with Gasteiger partial charge in [0.15, 0.2) is 18.4 Å². The number of carbonyl (C=O) groups excluding carboxylic acids is 3. The van der Waals surface area contributed by atoms with Gasteiger partial charge in [-0.3, -0.25) is 9.59 Å². The van der Waals surface area contributed by atoms with Crippen molar-refractivity contribution in [3.63, 3.8) is 0 Å². The topological polar surface area (TPSA) is 97.6 Å². The molecule has 0 saturated carbocycles. The van der Waals surface area contributed by atoms with E-state index < -0.39 is 30.4 Å². The smallest absolute Gasteiger partial charge is 0.333 e. The summed E-state index contributed by atoms with van der Waals surface area (Å²) in [5.74, 6) is -1.70. The minimum atomic E-state index is -1.09. The lowest BCUT2D eigenvalue weighted by atomic mass is 10.1. The normalized spacial score (nSPS) is 12.5. The molecule has 0 aliphatic carbocycles. The lowest BCUT2D eigenvalue weighted by Crippen LogP contribution is -2.37. The Hall–Kier alpha value is -3.39. The van der Waals surface area contributed by atoms with Gasteiger partial charge in [0, 0.05) is 4.47 Å². The van der Waals surface area contributed by atoms with Gasteiger partial charge in [-0.15, -0.1) is 0 Å². The van der Waals surface area contributed by atoms with Crippen molar-refractivity contribution in [2.45, 2.75) is 19.0 Å². The fourth-order valence-corrected chi connectivity index (χ4v) is 3.14. The zero-order chi connectivity index (χ0) is 22.2. The van der Waals surface area contributed by atoms with Crippen LogP contribution in [0.1, 0.15) is 40.7 Å². The summed E-state index contributed by atoms with van der Waals surface area (Å²) in [6.07, 6.45) is 1.36. The molecule has 2 amide bonds. The van der Waals surface area contributed by atoms with Gasteiger partial charge in [0.05, 0.1) is 12.3 Å². The molecule has 1 heterocycles. The van der Waals surface area contributed by atoms with Crippen LogP contribution < -0.4 is 10.6 Å². The molecule has 160 valence electrons. The van der Waals surface area contributed by atoms with E-state index in [-0.39, 0.29) is 11.8 Å². The fourth-order valence-electron chi connectivity index (χ4n) is 2.87. The van der Waals surface area contributed by atoms with Crippen LogP contribution in [-0.2, 0) is 14.3 Å². The third-order valence-electron chi connectivity index (χ3n) is 4.48. The molecule has 7 nitrogen and oxygen atoms in total. The van der Waals surface area contributed by atoms with Gasteiger partial charge in [0.2, 0.25) is 0 Å². The monoisotopic (exact) mass is 484 g/mol. The van der Waals surface area contributed by atoms with Crippen LogP contribution in [0.25, 0.3) is 0 Å². The average molecular weight is 485 g/mol. The van der Waals surface area contributed by atoms with Gasteiger partial charge in [0.25, 0.3) is 11.8 Å². The maximum Gasteiger partial charge on any atom is 0.333 e. The van der Waals surface area contributed by atoms with Crippen molar-refractivity contribution < 1.29 is 23.5 Å². The summed E-state index contributed by atoms with van der Waals surface area (Å²) in [5.41, 5.74) is 1.44. The third-order valence-corrected chi connectivity index (χ3v) is 5.01. The standard InChI is InChI=1S/C23H21BrN2O5/c1-15(16-9-11-18(24)12-10-16)25-20(27)14-31-23(29)21(17-6-3-2-4-7-17)26-22(28)19-8-5-13-30-19/h2-13,15,21H,14H2,1H3,(H,25,27)(H,26,28). The van der Waals surface area contributed by atoms with Crippen molar-refractivity contribution in [3.05, 3.63) is 94.4 Å². The molecule has 2 unspecified atom stereocenters. The van der Waals surface area contributed by atoms with Crippen LogP contribution in [0.3, 0.4) is 0 Å². The lowest BCUT2D eigenvalue weighted by Gasteiger charge is -2.18. The number of esters is 1. The van der Waals surface area contributed by atoms with Gasteiger partial charge < -0.3 is 19.8 Å². The first kappa shape index (κ1) is 22.3. The zero-order valence-corrected chi connectivity index (χ0v) is 18.3. The summed E-state index contributed by atoms with van der Waals surface area (Å²) in [6.45, 7) is 1.36. The van der Waals surface area contributed by atoms with E-state index in [1.165, 1.54) is 12.3 Å². The Morgan fingerprint density at radius 3 is 2.29 bits per heavy atom. The van der Waals surface area contributed by atoms with Crippen LogP contribution in [0.5, 0.6) is 0 Å². The van der Waals surface area contributed by atoms with E-state index in [4.69, 9.17) is 9.15 Å². The SMILES string of the molecule is CC(NC(=O)COC(=O)C(NC(=O)c1ccco1)c1ccccc1)c1ccc(Br)cc1. The molecular formula is C23H21BrN2O5. The van der Waals surface area contributed by atoms with E-state index in [0.29, 0.717) is 5.56 Å². The van der Waals surface area contributed by atoms with E-state index in [0.717, 1.165) is 10.0 Å². The number of hydrogen-bond acceptors (Lipinski definition) is 5. The van der Waals surface area contributed by atoms with Gasteiger partial charge >= 0.3 is 5.97 Å². The van der Waals surface area contributed by atoms with Gasteiger partial charge in [-0.25, -0.2) is 4.79 Å². The largest absolute Gasteiger partial charge is 0.459 e. The molecule has 3 rings (SSSR count). The highest BCUT2D eigenvalue weighted by molar-refractivity contribution is 9.10. The number of halogens is 1. The summed E-state index contributed by atoms with van der Waals surface area (Å²) in [5, 5.41) is 5.37. The number of ether oxygens (including phenoxy) is 1. The molecule has 8 heteroatoms. The molecule has 0 saturated heterocycles. The highest BCUT2D eigenvalue weighted by Crippen LogP contribution is 2.17. The molecule has 1 aromatic heterocycles. The molecule has 31 heavy (non-hydrogen) atoms. The van der Waals surface area contributed by atoms with Crippen LogP contribution >= 0.6 is 15.9 Å². The Morgan fingerprint density at radius 2 is 1.65 bits per heavy atom. The van der Waals surface area contributed by atoms with Crippen LogP contribution in [0.4, 0.5) is 0 Å². The number of rotatable bonds is 8. The Labute approximate surface area is 187 Å². The highest BCUT2D eigenvalue weighted by atomic mass is 79.9. The quantitative estimate of drug-likeness (QED) is 0.472. The molecule has 2 N–H and O–H groups in total. The summed E-state index contributed by atoms with van der Waals surface area (Å²) in [6, 6.07) is 17.9. The van der Waals surface area contributed by atoms with Gasteiger partial charge in [-0.2, -0.15) is 0 Å². The minimum Gasteiger partial charge on any atom is -0.459 e. The molecule has 2 atom stereocenters. The molecule has 2 aromatic carbocycles. The Balaban J connectivity index is 1.61. The number of benzene rings is 2. The average Bonchev–Trinajstić information content (AvgIpc) is 3.32. The summed E-state index contributed by atoms with van der Waals surface area (Å²) < 4.78 is 11.2. The van der Waals surface area contributed by atoms with Crippen molar-refractivity contribution in [1.29, 1.82) is 0 Å². The number of nitrogens with one attached hydrogen (secondary N) is 2. The predicted molar refractivity (Wildman–Crippen MR) is 117 cm³/mol. The van der Waals surface area contributed by atoms with Crippen molar-refractivity contribution in [1.82, 2.24) is 10.6 Å². The van der Waals surface area contributed by atoms with E-state index in [1.54, 1.807) is 36.4 Å². The first-order valence-corrected chi connectivity index (χ1v) is 10.3. The van der Waals surface area contributed by atoms with Crippen LogP contribution in [0.2, 0.25) is 0 Å². The van der Waals surface area contributed by atoms with Gasteiger partial charge in [-0.1, -0.05) is 58.4 Å². The molecule has 3 aromatic rings. The van der Waals surface area contributed by atoms with Gasteiger partial charge in [-0.05, 0) is 42.3 Å². The summed E-state index contributed by atoms with van der Waals surface area (Å²) in [7, 11) is 0. The van der Waals surface area contributed by atoms with Crippen molar-refractivity contribution in [3.8, 4) is 0 Å². The summed E-state index contributed by atoms with van der Waals surface area (Å²) in [4.78, 5) is 37.3. The molecule has 0 bridgehead atoms. The van der Waals surface area contributed by atoms with Crippen molar-refractivity contribution in [2.75, 3.05) is 6.61 Å². The maximum atomic E-state index is 12.7. The maximum absolute atomic E-state index is 12.7. The van der Waals surface area contributed by atoms with Crippen LogP contribution in [0, 0.1) is 0 Å². The van der Waals surface area contributed by atoms with Gasteiger partial charge in [0.1, 0.15) is 0 Å². The second-order valence-electron chi connectivity index (χ2n) is 6.74. The molecule has 0 aliphatic rings. The number of hydrogen-bond donors (Lipinski definition) is 2. The fraction of sp³-hybridized carbons (Fsp3) is 0.174. The minimum absolute atomic E-state index is 0.0646. The van der Waals surface area contributed by atoms with Crippen LogP contribution in [-0.4, -0.2) is 24.4 Å². The Bertz CT molecular complexity index is 1020. The number of amides is 2. The molecular weight excluding hydrogens is 464 g/mol. The van der Waals surface area contributed by atoms with Crippen molar-refractivity contribution >= 4 is 33.7 Å². The van der Waals surface area contributed by atoms with E-state index in [1.807, 2.05) is 31.2 Å². The predicted octanol–water partition coefficient (Wildman–Crippen LogP) is 3.93. The van der Waals surface area contributed by atoms with Crippen LogP contribution in [0.15, 0.2) is 81.9 Å². The van der Waals surface area contributed by atoms with E-state index >= 15 is 0 Å². The van der Waals surface area contributed by atoms with E-state index in [9.17, 15) is 14.4 Å². The summed E-state index contributed by atoms with van der Waals surface area (Å²) >= 11 is 3.37. The lowest BCUT2D eigenvalue weighted by molar-refractivity contribution is -0.150. The Morgan fingerprint density at radius 1 is 0.935 bits per heavy atom. The number of carbonyl (C=O) groups is 3. The Kier molecular flexibility index (Phi) is 7.61. The third kappa shape index (κ3) is 6.29. The second-order valence-corrected chi connectivity index (χ2v) is 7.66.